The monoisotopic (exact) mass is 281 g/mol. The van der Waals surface area contributed by atoms with E-state index < -0.39 is 0 Å². The van der Waals surface area contributed by atoms with E-state index in [4.69, 9.17) is 11.0 Å². The van der Waals surface area contributed by atoms with Crippen LogP contribution in [0.2, 0.25) is 0 Å². The first-order valence-electron chi connectivity index (χ1n) is 5.96. The molecule has 2 heterocycles. The van der Waals surface area contributed by atoms with E-state index in [0.717, 1.165) is 20.8 Å². The second kappa shape index (κ2) is 4.79. The third-order valence-electron chi connectivity index (χ3n) is 2.81. The van der Waals surface area contributed by atoms with Gasteiger partial charge in [-0.25, -0.2) is 4.98 Å². The molecule has 20 heavy (non-hydrogen) atoms. The fraction of sp³-hybridized carbons (Fsp3) is 0.0714. The molecule has 98 valence electrons. The fourth-order valence-electron chi connectivity index (χ4n) is 1.92. The Bertz CT molecular complexity index is 814. The Hall–Kier alpha value is -2.65. The number of hydrogen-bond donors (Lipinski definition) is 2. The van der Waals surface area contributed by atoms with Crippen molar-refractivity contribution in [3.05, 3.63) is 40.8 Å². The summed E-state index contributed by atoms with van der Waals surface area (Å²) in [7, 11) is 0. The maximum absolute atomic E-state index is 8.79. The van der Waals surface area contributed by atoms with Crippen LogP contribution in [0.15, 0.2) is 30.3 Å². The van der Waals surface area contributed by atoms with Crippen LogP contribution in [0, 0.1) is 18.3 Å². The highest BCUT2D eigenvalue weighted by Crippen LogP contribution is 2.30. The topological polar surface area (TPSA) is 87.6 Å². The Morgan fingerprint density at radius 3 is 2.70 bits per heavy atom. The Balaban J connectivity index is 2.03. The SMILES string of the molecule is Cc1cc2c(Nc3ccc(C#N)cc3)nc(N)nc2s1. The molecule has 6 heteroatoms. The van der Waals surface area contributed by atoms with Crippen LogP contribution in [0.3, 0.4) is 0 Å². The molecule has 0 saturated heterocycles. The zero-order valence-electron chi connectivity index (χ0n) is 10.7. The quantitative estimate of drug-likeness (QED) is 0.753. The van der Waals surface area contributed by atoms with E-state index in [0.29, 0.717) is 11.4 Å². The summed E-state index contributed by atoms with van der Waals surface area (Å²) in [6.45, 7) is 2.02. The first-order chi connectivity index (χ1) is 9.65. The number of nitrogens with one attached hydrogen (secondary N) is 1. The number of nitriles is 1. The van der Waals surface area contributed by atoms with E-state index in [1.54, 1.807) is 23.5 Å². The molecule has 0 aliphatic rings. The number of anilines is 3. The van der Waals surface area contributed by atoms with Gasteiger partial charge in [0.15, 0.2) is 0 Å². The van der Waals surface area contributed by atoms with Crippen LogP contribution in [0.1, 0.15) is 10.4 Å². The third-order valence-corrected chi connectivity index (χ3v) is 3.75. The molecule has 0 aliphatic heterocycles. The normalized spacial score (nSPS) is 10.4. The zero-order chi connectivity index (χ0) is 14.1. The van der Waals surface area contributed by atoms with Crippen molar-refractivity contribution >= 4 is 39.0 Å². The van der Waals surface area contributed by atoms with Crippen LogP contribution in [-0.4, -0.2) is 9.97 Å². The number of aromatic nitrogens is 2. The molecular weight excluding hydrogens is 270 g/mol. The lowest BCUT2D eigenvalue weighted by Crippen LogP contribution is -2.00. The van der Waals surface area contributed by atoms with Gasteiger partial charge in [0.05, 0.1) is 17.0 Å². The summed E-state index contributed by atoms with van der Waals surface area (Å²) in [4.78, 5) is 10.5. The van der Waals surface area contributed by atoms with Crippen molar-refractivity contribution in [1.82, 2.24) is 9.97 Å². The number of nitrogen functional groups attached to an aromatic ring is 1. The van der Waals surface area contributed by atoms with Crippen molar-refractivity contribution < 1.29 is 0 Å². The summed E-state index contributed by atoms with van der Waals surface area (Å²) in [6.07, 6.45) is 0. The molecule has 0 bridgehead atoms. The second-order valence-electron chi connectivity index (χ2n) is 4.32. The van der Waals surface area contributed by atoms with Crippen molar-refractivity contribution in [1.29, 1.82) is 5.26 Å². The van der Waals surface area contributed by atoms with Gasteiger partial charge in [-0.3, -0.25) is 0 Å². The molecule has 1 aromatic carbocycles. The first kappa shape index (κ1) is 12.4. The molecule has 0 spiro atoms. The lowest BCUT2D eigenvalue weighted by atomic mass is 10.2. The molecule has 3 rings (SSSR count). The van der Waals surface area contributed by atoms with Crippen molar-refractivity contribution in [2.75, 3.05) is 11.1 Å². The Morgan fingerprint density at radius 2 is 2.00 bits per heavy atom. The summed E-state index contributed by atoms with van der Waals surface area (Å²) in [5, 5.41) is 13.0. The largest absolute Gasteiger partial charge is 0.368 e. The Kier molecular flexibility index (Phi) is 2.97. The summed E-state index contributed by atoms with van der Waals surface area (Å²) >= 11 is 1.58. The lowest BCUT2D eigenvalue weighted by molar-refractivity contribution is 1.24. The molecule has 0 radical (unpaired) electrons. The van der Waals surface area contributed by atoms with Crippen molar-refractivity contribution in [2.45, 2.75) is 6.92 Å². The number of thiophene rings is 1. The molecule has 3 N–H and O–H groups in total. The minimum atomic E-state index is 0.246. The van der Waals surface area contributed by atoms with Gasteiger partial charge in [0.1, 0.15) is 10.6 Å². The lowest BCUT2D eigenvalue weighted by Gasteiger charge is -2.07. The smallest absolute Gasteiger partial charge is 0.223 e. The van der Waals surface area contributed by atoms with E-state index in [-0.39, 0.29) is 5.95 Å². The summed E-state index contributed by atoms with van der Waals surface area (Å²) in [6, 6.07) is 11.3. The molecule has 0 aliphatic carbocycles. The second-order valence-corrected chi connectivity index (χ2v) is 5.56. The van der Waals surface area contributed by atoms with Crippen LogP contribution >= 0.6 is 11.3 Å². The maximum atomic E-state index is 8.79. The number of nitrogens with two attached hydrogens (primary N) is 1. The van der Waals surface area contributed by atoms with Crippen LogP contribution in [0.4, 0.5) is 17.5 Å². The molecule has 0 atom stereocenters. The van der Waals surface area contributed by atoms with Gasteiger partial charge >= 0.3 is 0 Å². The zero-order valence-corrected chi connectivity index (χ0v) is 11.5. The number of nitrogens with zero attached hydrogens (tertiary/aromatic N) is 3. The minimum Gasteiger partial charge on any atom is -0.368 e. The Morgan fingerprint density at radius 1 is 1.25 bits per heavy atom. The van der Waals surface area contributed by atoms with Crippen molar-refractivity contribution in [3.63, 3.8) is 0 Å². The predicted molar refractivity (Wildman–Crippen MR) is 81.0 cm³/mol. The van der Waals surface area contributed by atoms with E-state index in [2.05, 4.69) is 21.4 Å². The van der Waals surface area contributed by atoms with Crippen LogP contribution in [0.25, 0.3) is 10.2 Å². The van der Waals surface area contributed by atoms with Gasteiger partial charge in [-0.2, -0.15) is 10.2 Å². The molecule has 0 saturated carbocycles. The van der Waals surface area contributed by atoms with Crippen LogP contribution in [-0.2, 0) is 0 Å². The molecule has 0 unspecified atom stereocenters. The standard InChI is InChI=1S/C14H11N5S/c1-8-6-11-12(18-14(16)19-13(11)20-8)17-10-4-2-9(7-15)3-5-10/h2-6H,1H3,(H3,16,17,18,19). The van der Waals surface area contributed by atoms with Gasteiger partial charge in [-0.1, -0.05) is 0 Å². The van der Waals surface area contributed by atoms with E-state index in [1.165, 1.54) is 0 Å². The average Bonchev–Trinajstić information content (AvgIpc) is 2.80. The van der Waals surface area contributed by atoms with Gasteiger partial charge in [-0.05, 0) is 37.3 Å². The van der Waals surface area contributed by atoms with Crippen LogP contribution < -0.4 is 11.1 Å². The van der Waals surface area contributed by atoms with E-state index >= 15 is 0 Å². The minimum absolute atomic E-state index is 0.246. The summed E-state index contributed by atoms with van der Waals surface area (Å²) < 4.78 is 0. The predicted octanol–water partition coefficient (Wildman–Crippen LogP) is 3.20. The number of hydrogen-bond acceptors (Lipinski definition) is 6. The molecule has 2 aromatic heterocycles. The molecule has 5 nitrogen and oxygen atoms in total. The highest BCUT2D eigenvalue weighted by atomic mass is 32.1. The van der Waals surface area contributed by atoms with E-state index in [9.17, 15) is 0 Å². The van der Waals surface area contributed by atoms with Gasteiger partial charge in [0, 0.05) is 10.6 Å². The molecule has 0 fully saturated rings. The van der Waals surface area contributed by atoms with Crippen LogP contribution in [0.5, 0.6) is 0 Å². The summed E-state index contributed by atoms with van der Waals surface area (Å²) in [5.74, 6) is 0.928. The highest BCUT2D eigenvalue weighted by molar-refractivity contribution is 7.18. The van der Waals surface area contributed by atoms with E-state index in [1.807, 2.05) is 25.1 Å². The van der Waals surface area contributed by atoms with Gasteiger partial charge in [-0.15, -0.1) is 11.3 Å². The summed E-state index contributed by atoms with van der Waals surface area (Å²) in [5.41, 5.74) is 7.21. The van der Waals surface area contributed by atoms with Gasteiger partial charge < -0.3 is 11.1 Å². The fourth-order valence-corrected chi connectivity index (χ4v) is 2.81. The molecule has 3 aromatic rings. The maximum Gasteiger partial charge on any atom is 0.223 e. The van der Waals surface area contributed by atoms with Gasteiger partial charge in [0.25, 0.3) is 0 Å². The number of aryl methyl sites for hydroxylation is 1. The molecule has 0 amide bonds. The number of rotatable bonds is 2. The number of benzene rings is 1. The Labute approximate surface area is 119 Å². The third kappa shape index (κ3) is 2.27. The van der Waals surface area contributed by atoms with Crippen molar-refractivity contribution in [3.8, 4) is 6.07 Å². The van der Waals surface area contributed by atoms with Crippen molar-refractivity contribution in [2.24, 2.45) is 0 Å². The number of fused-ring (bicyclic) bond motifs is 1. The molecular formula is C14H11N5S. The first-order valence-corrected chi connectivity index (χ1v) is 6.78. The van der Waals surface area contributed by atoms with Gasteiger partial charge in [0.2, 0.25) is 5.95 Å². The average molecular weight is 281 g/mol. The highest BCUT2D eigenvalue weighted by Gasteiger charge is 2.09.